The molecule has 1 fully saturated rings. The van der Waals surface area contributed by atoms with E-state index >= 15 is 0 Å². The summed E-state index contributed by atoms with van der Waals surface area (Å²) >= 11 is 0. The van der Waals surface area contributed by atoms with Crippen LogP contribution in [0.1, 0.15) is 0 Å². The van der Waals surface area contributed by atoms with Gasteiger partial charge in [-0.05, 0) is 0 Å². The van der Waals surface area contributed by atoms with E-state index in [9.17, 15) is 14.4 Å². The smallest absolute Gasteiger partial charge is 0.407 e. The van der Waals surface area contributed by atoms with E-state index in [1.807, 2.05) is 0 Å². The molecule has 3 amide bonds. The molecule has 0 aliphatic carbocycles. The van der Waals surface area contributed by atoms with E-state index in [-0.39, 0.29) is 19.8 Å². The average molecular weight is 303 g/mol. The molecule has 0 aromatic rings. The third-order valence-electron chi connectivity index (χ3n) is 2.58. The highest BCUT2D eigenvalue weighted by atomic mass is 16.6. The number of alkyl carbamates (subject to hydrolysis) is 2. The number of nitrogens with one attached hydrogen (secondary N) is 5. The third kappa shape index (κ3) is 7.32. The molecular weight excluding hydrogens is 282 g/mol. The number of carbonyl (C=O) groups excluding carboxylic acids is 3. The minimum Gasteiger partial charge on any atom is -0.448 e. The summed E-state index contributed by atoms with van der Waals surface area (Å²) in [6, 6.07) is -0.939. The topological polar surface area (TPSA) is 130 Å². The van der Waals surface area contributed by atoms with Crippen molar-refractivity contribution in [2.75, 3.05) is 46.6 Å². The summed E-state index contributed by atoms with van der Waals surface area (Å²) in [7, 11) is 1.43. The fourth-order valence-electron chi connectivity index (χ4n) is 1.50. The van der Waals surface area contributed by atoms with Crippen molar-refractivity contribution < 1.29 is 23.9 Å². The predicted octanol–water partition coefficient (Wildman–Crippen LogP) is -2.30. The second-order valence-corrected chi connectivity index (χ2v) is 4.14. The number of hydrogen-bond donors (Lipinski definition) is 5. The molecule has 0 aromatic carbocycles. The Hall–Kier alpha value is -2.07. The fourth-order valence-corrected chi connectivity index (χ4v) is 1.50. The van der Waals surface area contributed by atoms with Crippen molar-refractivity contribution >= 4 is 18.1 Å². The molecule has 1 saturated heterocycles. The number of cyclic esters (lactones) is 2. The maximum atomic E-state index is 11.6. The Kier molecular flexibility index (Phi) is 7.90. The highest BCUT2D eigenvalue weighted by Gasteiger charge is 2.21. The zero-order valence-electron chi connectivity index (χ0n) is 11.9. The van der Waals surface area contributed by atoms with Gasteiger partial charge in [0.05, 0.1) is 6.54 Å². The first-order valence-electron chi connectivity index (χ1n) is 6.60. The lowest BCUT2D eigenvalue weighted by atomic mass is 10.3. The standard InChI is InChI=1S/C11H21N5O5/c1-12-9(17)8-6-15-10(18)20-4-2-13-7-14-3-5-21-11(19)16-8/h8,13-14H,2-7H2,1H3,(H,12,17)(H,15,18)(H,16,19). The lowest BCUT2D eigenvalue weighted by Crippen LogP contribution is -2.52. The van der Waals surface area contributed by atoms with Crippen molar-refractivity contribution in [2.45, 2.75) is 6.04 Å². The SMILES string of the molecule is CNC(=O)C1CNC(=O)OCCNCNCCOC(=O)N1. The monoisotopic (exact) mass is 303 g/mol. The van der Waals surface area contributed by atoms with E-state index < -0.39 is 24.1 Å². The Balaban J connectivity index is 2.56. The summed E-state index contributed by atoms with van der Waals surface area (Å²) in [5, 5.41) is 13.1. The number of ether oxygens (including phenoxy) is 2. The van der Waals surface area contributed by atoms with Crippen molar-refractivity contribution in [3.05, 3.63) is 0 Å². The molecule has 0 aromatic heterocycles. The molecule has 10 nitrogen and oxygen atoms in total. The summed E-state index contributed by atoms with van der Waals surface area (Å²) in [4.78, 5) is 34.6. The number of amides is 3. The number of likely N-dealkylation sites (N-methyl/N-ethyl adjacent to an activating group) is 1. The minimum atomic E-state index is -0.939. The maximum Gasteiger partial charge on any atom is 0.407 e. The zero-order chi connectivity index (χ0) is 15.5. The molecular formula is C11H21N5O5. The first kappa shape index (κ1) is 17.0. The van der Waals surface area contributed by atoms with E-state index in [2.05, 4.69) is 26.6 Å². The minimum absolute atomic E-state index is 0.0979. The Morgan fingerprint density at radius 1 is 1.14 bits per heavy atom. The molecule has 1 atom stereocenters. The van der Waals surface area contributed by atoms with Gasteiger partial charge in [-0.25, -0.2) is 9.59 Å². The van der Waals surface area contributed by atoms with Crippen molar-refractivity contribution in [1.82, 2.24) is 26.6 Å². The van der Waals surface area contributed by atoms with Gasteiger partial charge in [-0.1, -0.05) is 0 Å². The maximum absolute atomic E-state index is 11.6. The van der Waals surface area contributed by atoms with Crippen LogP contribution in [0.2, 0.25) is 0 Å². The van der Waals surface area contributed by atoms with Crippen LogP contribution in [0.4, 0.5) is 9.59 Å². The van der Waals surface area contributed by atoms with E-state index in [0.717, 1.165) is 0 Å². The van der Waals surface area contributed by atoms with Crippen molar-refractivity contribution in [3.63, 3.8) is 0 Å². The van der Waals surface area contributed by atoms with Crippen LogP contribution in [0.25, 0.3) is 0 Å². The van der Waals surface area contributed by atoms with Gasteiger partial charge < -0.3 is 36.1 Å². The van der Waals surface area contributed by atoms with Crippen molar-refractivity contribution in [3.8, 4) is 0 Å². The average Bonchev–Trinajstić information content (AvgIpc) is 2.48. The van der Waals surface area contributed by atoms with Crippen LogP contribution in [0.5, 0.6) is 0 Å². The fraction of sp³-hybridized carbons (Fsp3) is 0.727. The van der Waals surface area contributed by atoms with Crippen LogP contribution in [-0.2, 0) is 14.3 Å². The van der Waals surface area contributed by atoms with Crippen LogP contribution >= 0.6 is 0 Å². The highest BCUT2D eigenvalue weighted by molar-refractivity contribution is 5.86. The van der Waals surface area contributed by atoms with Gasteiger partial charge in [0.15, 0.2) is 0 Å². The number of rotatable bonds is 1. The molecule has 21 heavy (non-hydrogen) atoms. The second kappa shape index (κ2) is 9.77. The Morgan fingerprint density at radius 3 is 2.38 bits per heavy atom. The van der Waals surface area contributed by atoms with E-state index in [1.165, 1.54) is 7.05 Å². The van der Waals surface area contributed by atoms with Gasteiger partial charge in [-0.3, -0.25) is 4.79 Å². The Bertz CT molecular complexity index is 365. The predicted molar refractivity (Wildman–Crippen MR) is 72.6 cm³/mol. The summed E-state index contributed by atoms with van der Waals surface area (Å²) in [5.41, 5.74) is 0. The summed E-state index contributed by atoms with van der Waals surface area (Å²) in [6.07, 6.45) is -1.40. The van der Waals surface area contributed by atoms with Crippen molar-refractivity contribution in [2.24, 2.45) is 0 Å². The third-order valence-corrected chi connectivity index (χ3v) is 2.58. The lowest BCUT2D eigenvalue weighted by molar-refractivity contribution is -0.122. The number of carbonyl (C=O) groups is 3. The second-order valence-electron chi connectivity index (χ2n) is 4.14. The van der Waals surface area contributed by atoms with Gasteiger partial charge >= 0.3 is 12.2 Å². The normalized spacial score (nSPS) is 22.4. The molecule has 0 saturated carbocycles. The van der Waals surface area contributed by atoms with E-state index in [0.29, 0.717) is 19.8 Å². The number of hydrogen-bond acceptors (Lipinski definition) is 7. The van der Waals surface area contributed by atoms with Crippen LogP contribution in [0, 0.1) is 0 Å². The van der Waals surface area contributed by atoms with Gasteiger partial charge in [-0.15, -0.1) is 0 Å². The van der Waals surface area contributed by atoms with Crippen LogP contribution in [0.15, 0.2) is 0 Å². The molecule has 120 valence electrons. The quantitative estimate of drug-likeness (QED) is 0.368. The first-order valence-corrected chi connectivity index (χ1v) is 6.60. The van der Waals surface area contributed by atoms with Gasteiger partial charge in [0.2, 0.25) is 5.91 Å². The summed E-state index contributed by atoms with van der Waals surface area (Å²) in [6.45, 7) is 1.70. The van der Waals surface area contributed by atoms with Crippen LogP contribution < -0.4 is 26.6 Å². The summed E-state index contributed by atoms with van der Waals surface area (Å²) < 4.78 is 9.80. The molecule has 0 radical (unpaired) electrons. The molecule has 5 N–H and O–H groups in total. The molecule has 1 unspecified atom stereocenters. The molecule has 0 bridgehead atoms. The molecule has 10 heteroatoms. The summed E-state index contributed by atoms with van der Waals surface area (Å²) in [5.74, 6) is -0.448. The van der Waals surface area contributed by atoms with Crippen molar-refractivity contribution in [1.29, 1.82) is 0 Å². The Labute approximate surface area is 122 Å². The van der Waals surface area contributed by atoms with Gasteiger partial charge in [-0.2, -0.15) is 0 Å². The zero-order valence-corrected chi connectivity index (χ0v) is 11.9. The Morgan fingerprint density at radius 2 is 1.76 bits per heavy atom. The van der Waals surface area contributed by atoms with Gasteiger partial charge in [0.25, 0.3) is 0 Å². The molecule has 1 heterocycles. The molecule has 1 aliphatic heterocycles. The highest BCUT2D eigenvalue weighted by Crippen LogP contribution is 1.88. The van der Waals surface area contributed by atoms with Crippen LogP contribution in [0.3, 0.4) is 0 Å². The molecule has 0 spiro atoms. The first-order chi connectivity index (χ1) is 10.1. The largest absolute Gasteiger partial charge is 0.448 e. The van der Waals surface area contributed by atoms with Gasteiger partial charge in [0.1, 0.15) is 19.3 Å². The van der Waals surface area contributed by atoms with Gasteiger partial charge in [0, 0.05) is 26.8 Å². The molecule has 1 rings (SSSR count). The lowest BCUT2D eigenvalue weighted by Gasteiger charge is -2.17. The van der Waals surface area contributed by atoms with Crippen LogP contribution in [-0.4, -0.2) is 70.7 Å². The van der Waals surface area contributed by atoms with E-state index in [4.69, 9.17) is 9.47 Å². The molecule has 1 aliphatic rings. The van der Waals surface area contributed by atoms with E-state index in [1.54, 1.807) is 0 Å².